The summed E-state index contributed by atoms with van der Waals surface area (Å²) in [6.45, 7) is 1.85. The monoisotopic (exact) mass is 256 g/mol. The van der Waals surface area contributed by atoms with Crippen LogP contribution in [0.25, 0.3) is 0 Å². The molecule has 0 saturated carbocycles. The predicted molar refractivity (Wildman–Crippen MR) is 63.4 cm³/mol. The quantitative estimate of drug-likeness (QED) is 0.800. The summed E-state index contributed by atoms with van der Waals surface area (Å²) in [5.74, 6) is 0. The molecule has 1 unspecified atom stereocenters. The summed E-state index contributed by atoms with van der Waals surface area (Å²) in [5, 5.41) is 9.09. The maximum absolute atomic E-state index is 9.09. The summed E-state index contributed by atoms with van der Waals surface area (Å²) >= 11 is 3.45. The fourth-order valence-electron chi connectivity index (χ4n) is 1.46. The zero-order valence-electron chi connectivity index (χ0n) is 8.54. The van der Waals surface area contributed by atoms with E-state index in [1.165, 1.54) is 5.56 Å². The van der Waals surface area contributed by atoms with Crippen molar-refractivity contribution in [3.05, 3.63) is 34.3 Å². The molecule has 14 heavy (non-hydrogen) atoms. The molecule has 0 heterocycles. The van der Waals surface area contributed by atoms with E-state index >= 15 is 0 Å². The molecule has 0 aliphatic heterocycles. The van der Waals surface area contributed by atoms with Gasteiger partial charge in [-0.1, -0.05) is 34.5 Å². The first-order chi connectivity index (χ1) is 6.68. The van der Waals surface area contributed by atoms with E-state index in [9.17, 15) is 0 Å². The molecule has 0 spiro atoms. The van der Waals surface area contributed by atoms with Crippen LogP contribution >= 0.6 is 15.9 Å². The van der Waals surface area contributed by atoms with Crippen molar-refractivity contribution in [2.24, 2.45) is 0 Å². The Balaban J connectivity index is 2.25. The summed E-state index contributed by atoms with van der Waals surface area (Å²) in [5.41, 5.74) is 1.37. The predicted octanol–water partition coefficient (Wildman–Crippen LogP) is 3.54. The molecule has 0 aromatic heterocycles. The number of aliphatic hydroxyl groups excluding tert-OH is 1. The van der Waals surface area contributed by atoms with Crippen molar-refractivity contribution in [2.75, 3.05) is 0 Å². The van der Waals surface area contributed by atoms with Gasteiger partial charge >= 0.3 is 0 Å². The average Bonchev–Trinajstić information content (AvgIpc) is 2.12. The standard InChI is InChI=1S/C12H17BrO/c1-10(14)5-2-3-6-11-7-4-8-12(13)9-11/h4,7-10,14H,2-3,5-6H2,1H3. The minimum Gasteiger partial charge on any atom is -0.393 e. The van der Waals surface area contributed by atoms with Crippen LogP contribution in [0.2, 0.25) is 0 Å². The summed E-state index contributed by atoms with van der Waals surface area (Å²) < 4.78 is 1.14. The molecule has 1 nitrogen and oxygen atoms in total. The molecule has 1 atom stereocenters. The third-order valence-electron chi connectivity index (χ3n) is 2.23. The van der Waals surface area contributed by atoms with E-state index in [4.69, 9.17) is 5.11 Å². The Kier molecular flexibility index (Phi) is 5.20. The van der Waals surface area contributed by atoms with Gasteiger partial charge in [0.25, 0.3) is 0 Å². The lowest BCUT2D eigenvalue weighted by Gasteiger charge is -2.04. The average molecular weight is 257 g/mol. The van der Waals surface area contributed by atoms with Gasteiger partial charge in [-0.3, -0.25) is 0 Å². The molecule has 0 bridgehead atoms. The number of unbranched alkanes of at least 4 members (excludes halogenated alkanes) is 1. The van der Waals surface area contributed by atoms with E-state index in [0.717, 1.165) is 30.2 Å². The maximum atomic E-state index is 9.09. The molecule has 1 N–H and O–H groups in total. The summed E-state index contributed by atoms with van der Waals surface area (Å²) in [4.78, 5) is 0. The molecule has 78 valence electrons. The molecule has 2 heteroatoms. The highest BCUT2D eigenvalue weighted by molar-refractivity contribution is 9.10. The molecular formula is C12H17BrO. The minimum absolute atomic E-state index is 0.155. The Bertz CT molecular complexity index is 271. The van der Waals surface area contributed by atoms with Crippen molar-refractivity contribution in [1.82, 2.24) is 0 Å². The van der Waals surface area contributed by atoms with Crippen LogP contribution in [-0.2, 0) is 6.42 Å². The number of hydrogen-bond acceptors (Lipinski definition) is 1. The Hall–Kier alpha value is -0.340. The fourth-order valence-corrected chi connectivity index (χ4v) is 1.91. The van der Waals surface area contributed by atoms with Gasteiger partial charge in [0.15, 0.2) is 0 Å². The number of rotatable bonds is 5. The Labute approximate surface area is 94.3 Å². The normalized spacial score (nSPS) is 12.8. The SMILES string of the molecule is CC(O)CCCCc1cccc(Br)c1. The molecule has 0 amide bonds. The van der Waals surface area contributed by atoms with Crippen molar-refractivity contribution in [2.45, 2.75) is 38.7 Å². The molecule has 0 fully saturated rings. The first kappa shape index (κ1) is 11.7. The summed E-state index contributed by atoms with van der Waals surface area (Å²) in [6.07, 6.45) is 4.11. The smallest absolute Gasteiger partial charge is 0.0512 e. The van der Waals surface area contributed by atoms with E-state index in [1.807, 2.05) is 13.0 Å². The summed E-state index contributed by atoms with van der Waals surface area (Å²) in [7, 11) is 0. The first-order valence-corrected chi connectivity index (χ1v) is 5.90. The molecule has 1 aromatic carbocycles. The summed E-state index contributed by atoms with van der Waals surface area (Å²) in [6, 6.07) is 8.41. The molecule has 1 rings (SSSR count). The van der Waals surface area contributed by atoms with Gasteiger partial charge in [0.05, 0.1) is 6.10 Å². The lowest BCUT2D eigenvalue weighted by atomic mass is 10.1. The molecule has 0 aliphatic rings. The number of hydrogen-bond donors (Lipinski definition) is 1. The zero-order chi connectivity index (χ0) is 10.4. The lowest BCUT2D eigenvalue weighted by molar-refractivity contribution is 0.180. The van der Waals surface area contributed by atoms with Crippen molar-refractivity contribution in [1.29, 1.82) is 0 Å². The van der Waals surface area contributed by atoms with Crippen molar-refractivity contribution in [3.8, 4) is 0 Å². The van der Waals surface area contributed by atoms with Gasteiger partial charge in [0, 0.05) is 4.47 Å². The van der Waals surface area contributed by atoms with Gasteiger partial charge in [-0.15, -0.1) is 0 Å². The first-order valence-electron chi connectivity index (χ1n) is 5.11. The van der Waals surface area contributed by atoms with Gasteiger partial charge in [0.2, 0.25) is 0 Å². The maximum Gasteiger partial charge on any atom is 0.0512 e. The van der Waals surface area contributed by atoms with Crippen molar-refractivity contribution >= 4 is 15.9 Å². The molecule has 0 radical (unpaired) electrons. The fraction of sp³-hybridized carbons (Fsp3) is 0.500. The number of aryl methyl sites for hydroxylation is 1. The van der Waals surface area contributed by atoms with Crippen LogP contribution in [0.5, 0.6) is 0 Å². The van der Waals surface area contributed by atoms with E-state index in [2.05, 4.69) is 34.1 Å². The van der Waals surface area contributed by atoms with Crippen molar-refractivity contribution < 1.29 is 5.11 Å². The number of aliphatic hydroxyl groups is 1. The van der Waals surface area contributed by atoms with Gasteiger partial charge in [-0.25, -0.2) is 0 Å². The zero-order valence-corrected chi connectivity index (χ0v) is 10.1. The molecular weight excluding hydrogens is 240 g/mol. The van der Waals surface area contributed by atoms with Crippen LogP contribution < -0.4 is 0 Å². The van der Waals surface area contributed by atoms with Crippen LogP contribution in [0, 0.1) is 0 Å². The highest BCUT2D eigenvalue weighted by Crippen LogP contribution is 2.14. The van der Waals surface area contributed by atoms with Crippen LogP contribution in [-0.4, -0.2) is 11.2 Å². The third kappa shape index (κ3) is 4.77. The van der Waals surface area contributed by atoms with Crippen molar-refractivity contribution in [3.63, 3.8) is 0 Å². The second-order valence-corrected chi connectivity index (χ2v) is 4.64. The van der Waals surface area contributed by atoms with E-state index in [-0.39, 0.29) is 6.10 Å². The van der Waals surface area contributed by atoms with Crippen LogP contribution in [0.4, 0.5) is 0 Å². The molecule has 0 saturated heterocycles. The van der Waals surface area contributed by atoms with Crippen LogP contribution in [0.1, 0.15) is 31.7 Å². The van der Waals surface area contributed by atoms with Gasteiger partial charge in [0.1, 0.15) is 0 Å². The van der Waals surface area contributed by atoms with E-state index in [1.54, 1.807) is 0 Å². The second-order valence-electron chi connectivity index (χ2n) is 3.72. The van der Waals surface area contributed by atoms with Gasteiger partial charge in [-0.2, -0.15) is 0 Å². The van der Waals surface area contributed by atoms with Crippen LogP contribution in [0.15, 0.2) is 28.7 Å². The second kappa shape index (κ2) is 6.20. The number of halogens is 1. The molecule has 1 aromatic rings. The minimum atomic E-state index is -0.155. The highest BCUT2D eigenvalue weighted by atomic mass is 79.9. The van der Waals surface area contributed by atoms with Gasteiger partial charge in [-0.05, 0) is 43.9 Å². The largest absolute Gasteiger partial charge is 0.393 e. The van der Waals surface area contributed by atoms with E-state index < -0.39 is 0 Å². The topological polar surface area (TPSA) is 20.2 Å². The van der Waals surface area contributed by atoms with E-state index in [0.29, 0.717) is 0 Å². The lowest BCUT2D eigenvalue weighted by Crippen LogP contribution is -1.98. The Morgan fingerprint density at radius 1 is 1.36 bits per heavy atom. The number of benzene rings is 1. The van der Waals surface area contributed by atoms with Crippen LogP contribution in [0.3, 0.4) is 0 Å². The van der Waals surface area contributed by atoms with Gasteiger partial charge < -0.3 is 5.11 Å². The molecule has 0 aliphatic carbocycles. The highest BCUT2D eigenvalue weighted by Gasteiger charge is 1.97. The third-order valence-corrected chi connectivity index (χ3v) is 2.72. The Morgan fingerprint density at radius 3 is 2.79 bits per heavy atom. The Morgan fingerprint density at radius 2 is 2.14 bits per heavy atom.